The van der Waals surface area contributed by atoms with E-state index in [1.54, 1.807) is 6.92 Å². The molecular weight excluding hydrogens is 210 g/mol. The van der Waals surface area contributed by atoms with Crippen LogP contribution < -0.4 is 5.32 Å². The van der Waals surface area contributed by atoms with E-state index in [4.69, 9.17) is 9.84 Å². The zero-order chi connectivity index (χ0) is 12.6. The second-order valence-electron chi connectivity index (χ2n) is 3.32. The Balaban J connectivity index is 4.41. The quantitative estimate of drug-likeness (QED) is 0.508. The number of allylic oxidation sites excluding steroid dienone is 1. The van der Waals surface area contributed by atoms with Gasteiger partial charge in [-0.1, -0.05) is 13.3 Å². The van der Waals surface area contributed by atoms with Crippen molar-refractivity contribution in [2.75, 3.05) is 13.2 Å². The van der Waals surface area contributed by atoms with Gasteiger partial charge in [0, 0.05) is 5.70 Å². The van der Waals surface area contributed by atoms with Gasteiger partial charge in [0.15, 0.2) is 0 Å². The van der Waals surface area contributed by atoms with Gasteiger partial charge in [0.05, 0.1) is 12.2 Å². The average molecular weight is 229 g/mol. The van der Waals surface area contributed by atoms with Crippen LogP contribution in [0, 0.1) is 0 Å². The highest BCUT2D eigenvalue weighted by Gasteiger charge is 2.10. The van der Waals surface area contributed by atoms with E-state index in [2.05, 4.69) is 5.32 Å². The van der Waals surface area contributed by atoms with Crippen LogP contribution in [0.5, 0.6) is 0 Å². The van der Waals surface area contributed by atoms with Gasteiger partial charge >= 0.3 is 11.9 Å². The number of hydrogen-bond acceptors (Lipinski definition) is 4. The Morgan fingerprint density at radius 2 is 1.94 bits per heavy atom. The van der Waals surface area contributed by atoms with Crippen molar-refractivity contribution >= 4 is 11.9 Å². The van der Waals surface area contributed by atoms with Gasteiger partial charge in [0.1, 0.15) is 6.54 Å². The van der Waals surface area contributed by atoms with E-state index >= 15 is 0 Å². The van der Waals surface area contributed by atoms with Crippen LogP contribution in [0.15, 0.2) is 11.3 Å². The molecule has 0 aliphatic carbocycles. The molecule has 0 bridgehead atoms. The molecule has 0 radical (unpaired) electrons. The van der Waals surface area contributed by atoms with Gasteiger partial charge < -0.3 is 15.2 Å². The molecule has 0 rings (SSSR count). The van der Waals surface area contributed by atoms with Crippen LogP contribution in [0.1, 0.15) is 33.6 Å². The Bertz CT molecular complexity index is 284. The minimum atomic E-state index is -0.972. The second-order valence-corrected chi connectivity index (χ2v) is 3.32. The van der Waals surface area contributed by atoms with Crippen LogP contribution in [0.25, 0.3) is 0 Å². The molecule has 2 N–H and O–H groups in total. The topological polar surface area (TPSA) is 75.6 Å². The van der Waals surface area contributed by atoms with E-state index in [-0.39, 0.29) is 18.1 Å². The predicted molar refractivity (Wildman–Crippen MR) is 59.9 cm³/mol. The number of carbonyl (C=O) groups is 2. The highest BCUT2D eigenvalue weighted by molar-refractivity contribution is 5.86. The summed E-state index contributed by atoms with van der Waals surface area (Å²) in [5.74, 6) is -1.35. The van der Waals surface area contributed by atoms with Crippen molar-refractivity contribution in [3.05, 3.63) is 11.3 Å². The summed E-state index contributed by atoms with van der Waals surface area (Å²) in [4.78, 5) is 21.9. The first-order valence-corrected chi connectivity index (χ1v) is 5.35. The first kappa shape index (κ1) is 14.5. The number of nitrogens with one attached hydrogen (secondary N) is 1. The first-order valence-electron chi connectivity index (χ1n) is 5.35. The van der Waals surface area contributed by atoms with Gasteiger partial charge in [-0.3, -0.25) is 4.79 Å². The van der Waals surface area contributed by atoms with Gasteiger partial charge in [-0.05, 0) is 20.3 Å². The lowest BCUT2D eigenvalue weighted by atomic mass is 10.1. The minimum Gasteiger partial charge on any atom is -0.478 e. The summed E-state index contributed by atoms with van der Waals surface area (Å²) in [6.45, 7) is 5.52. The Hall–Kier alpha value is -1.52. The van der Waals surface area contributed by atoms with E-state index in [0.29, 0.717) is 18.7 Å². The molecule has 0 aliphatic heterocycles. The normalized spacial score (nSPS) is 11.7. The van der Waals surface area contributed by atoms with Gasteiger partial charge in [-0.2, -0.15) is 0 Å². The Morgan fingerprint density at radius 1 is 1.31 bits per heavy atom. The third-order valence-corrected chi connectivity index (χ3v) is 2.02. The fraction of sp³-hybridized carbons (Fsp3) is 0.636. The van der Waals surface area contributed by atoms with Crippen LogP contribution in [-0.4, -0.2) is 30.2 Å². The van der Waals surface area contributed by atoms with Crippen LogP contribution in [0.3, 0.4) is 0 Å². The Labute approximate surface area is 95.5 Å². The number of carbonyl (C=O) groups excluding carboxylic acids is 1. The lowest BCUT2D eigenvalue weighted by molar-refractivity contribution is -0.142. The molecule has 0 atom stereocenters. The summed E-state index contributed by atoms with van der Waals surface area (Å²) in [5, 5.41) is 11.6. The maximum atomic E-state index is 11.1. The molecule has 16 heavy (non-hydrogen) atoms. The predicted octanol–water partition coefficient (Wildman–Crippen LogP) is 1.30. The molecule has 0 fully saturated rings. The summed E-state index contributed by atoms with van der Waals surface area (Å²) in [7, 11) is 0. The smallest absolute Gasteiger partial charge is 0.333 e. The molecule has 5 nitrogen and oxygen atoms in total. The fourth-order valence-corrected chi connectivity index (χ4v) is 1.18. The van der Waals surface area contributed by atoms with Crippen molar-refractivity contribution in [1.82, 2.24) is 5.32 Å². The highest BCUT2D eigenvalue weighted by Crippen LogP contribution is 2.07. The van der Waals surface area contributed by atoms with Crippen LogP contribution in [-0.2, 0) is 14.3 Å². The Morgan fingerprint density at radius 3 is 2.38 bits per heavy atom. The summed E-state index contributed by atoms with van der Waals surface area (Å²) >= 11 is 0. The molecule has 0 aromatic heterocycles. The Kier molecular flexibility index (Phi) is 7.00. The molecular formula is C11H19NO4. The number of carboxylic acid groups (broad SMARTS) is 1. The number of rotatable bonds is 7. The monoisotopic (exact) mass is 229 g/mol. The van der Waals surface area contributed by atoms with Gasteiger partial charge in [0.25, 0.3) is 0 Å². The van der Waals surface area contributed by atoms with E-state index in [0.717, 1.165) is 6.42 Å². The maximum absolute atomic E-state index is 11.1. The second kappa shape index (κ2) is 7.73. The molecule has 0 unspecified atom stereocenters. The number of ether oxygens (including phenoxy) is 1. The van der Waals surface area contributed by atoms with Crippen molar-refractivity contribution in [2.24, 2.45) is 0 Å². The van der Waals surface area contributed by atoms with Gasteiger partial charge in [0.2, 0.25) is 0 Å². The third-order valence-electron chi connectivity index (χ3n) is 2.02. The van der Waals surface area contributed by atoms with Crippen LogP contribution >= 0.6 is 0 Å². The minimum absolute atomic E-state index is 0.00773. The largest absolute Gasteiger partial charge is 0.478 e. The van der Waals surface area contributed by atoms with Crippen molar-refractivity contribution in [3.8, 4) is 0 Å². The van der Waals surface area contributed by atoms with Crippen molar-refractivity contribution in [1.29, 1.82) is 0 Å². The van der Waals surface area contributed by atoms with E-state index in [9.17, 15) is 9.59 Å². The van der Waals surface area contributed by atoms with Gasteiger partial charge in [-0.15, -0.1) is 0 Å². The maximum Gasteiger partial charge on any atom is 0.333 e. The van der Waals surface area contributed by atoms with Crippen molar-refractivity contribution < 1.29 is 19.4 Å². The molecule has 5 heteroatoms. The molecule has 0 spiro atoms. The zero-order valence-electron chi connectivity index (χ0n) is 10.0. The molecule has 92 valence electrons. The van der Waals surface area contributed by atoms with E-state index in [1.165, 1.54) is 6.92 Å². The molecule has 0 aliphatic rings. The lowest BCUT2D eigenvalue weighted by Gasteiger charge is -2.11. The molecule has 0 amide bonds. The molecule has 0 saturated heterocycles. The molecule has 0 heterocycles. The SMILES string of the molecule is CCC/C(NCC(=O)OCC)=C(\C)C(=O)O. The molecule has 0 aromatic rings. The number of aliphatic carboxylic acids is 1. The summed E-state index contributed by atoms with van der Waals surface area (Å²) < 4.78 is 4.74. The summed E-state index contributed by atoms with van der Waals surface area (Å²) in [6.07, 6.45) is 1.42. The van der Waals surface area contributed by atoms with Gasteiger partial charge in [-0.25, -0.2) is 4.79 Å². The van der Waals surface area contributed by atoms with Crippen LogP contribution in [0.4, 0.5) is 0 Å². The van der Waals surface area contributed by atoms with Crippen LogP contribution in [0.2, 0.25) is 0 Å². The fourth-order valence-electron chi connectivity index (χ4n) is 1.18. The first-order chi connectivity index (χ1) is 7.52. The zero-order valence-corrected chi connectivity index (χ0v) is 10.0. The third kappa shape index (κ3) is 5.38. The van der Waals surface area contributed by atoms with E-state index in [1.807, 2.05) is 6.92 Å². The van der Waals surface area contributed by atoms with Crippen molar-refractivity contribution in [2.45, 2.75) is 33.6 Å². The number of carboxylic acids is 1. The van der Waals surface area contributed by atoms with E-state index < -0.39 is 5.97 Å². The summed E-state index contributed by atoms with van der Waals surface area (Å²) in [5.41, 5.74) is 0.828. The van der Waals surface area contributed by atoms with Crippen molar-refractivity contribution in [3.63, 3.8) is 0 Å². The molecule has 0 saturated carbocycles. The average Bonchev–Trinajstić information content (AvgIpc) is 2.23. The highest BCUT2D eigenvalue weighted by atomic mass is 16.5. The standard InChI is InChI=1S/C11H19NO4/c1-4-6-9(8(3)11(14)15)12-7-10(13)16-5-2/h12H,4-7H2,1-3H3,(H,14,15)/b9-8-. The number of esters is 1. The number of hydrogen-bond donors (Lipinski definition) is 2. The summed E-state index contributed by atoms with van der Waals surface area (Å²) in [6, 6.07) is 0. The molecule has 0 aromatic carbocycles. The lowest BCUT2D eigenvalue weighted by Crippen LogP contribution is -2.26.